The van der Waals surface area contributed by atoms with Gasteiger partial charge in [0.15, 0.2) is 0 Å². The van der Waals surface area contributed by atoms with Crippen molar-refractivity contribution in [2.75, 3.05) is 26.2 Å². The van der Waals surface area contributed by atoms with E-state index in [2.05, 4.69) is 15.5 Å². The molecule has 1 unspecified atom stereocenters. The van der Waals surface area contributed by atoms with Gasteiger partial charge in [0.1, 0.15) is 5.82 Å². The average Bonchev–Trinajstić information content (AvgIpc) is 2.92. The molecule has 1 aliphatic heterocycles. The van der Waals surface area contributed by atoms with Crippen molar-refractivity contribution < 1.29 is 14.0 Å². The van der Waals surface area contributed by atoms with Gasteiger partial charge in [-0.05, 0) is 37.1 Å². The van der Waals surface area contributed by atoms with Crippen molar-refractivity contribution in [1.29, 1.82) is 0 Å². The van der Waals surface area contributed by atoms with Crippen LogP contribution >= 0.6 is 0 Å². The second-order valence-corrected chi connectivity index (χ2v) is 5.51. The number of benzene rings is 1. The van der Waals surface area contributed by atoms with E-state index in [1.807, 2.05) is 0 Å². The number of likely N-dealkylation sites (tertiary alicyclic amines) is 1. The second kappa shape index (κ2) is 7.89. The number of rotatable bonds is 6. The normalized spacial score (nSPS) is 18.2. The predicted molar refractivity (Wildman–Crippen MR) is 81.6 cm³/mol. The Morgan fingerprint density at radius 2 is 1.91 bits per heavy atom. The summed E-state index contributed by atoms with van der Waals surface area (Å²) in [6.45, 7) is 3.48. The number of hydrogen-bond donors (Lipinski definition) is 2. The molecular formula is C16H22FN3O2. The highest BCUT2D eigenvalue weighted by Gasteiger charge is 2.27. The molecule has 22 heavy (non-hydrogen) atoms. The van der Waals surface area contributed by atoms with Crippen molar-refractivity contribution >= 4 is 11.8 Å². The molecule has 0 aromatic heterocycles. The van der Waals surface area contributed by atoms with Gasteiger partial charge in [0.05, 0.1) is 6.54 Å². The monoisotopic (exact) mass is 307 g/mol. The van der Waals surface area contributed by atoms with Gasteiger partial charge in [0.2, 0.25) is 11.8 Å². The number of carbonyl (C=O) groups excluding carboxylic acids is 2. The zero-order valence-corrected chi connectivity index (χ0v) is 12.8. The van der Waals surface area contributed by atoms with Crippen LogP contribution in [0.15, 0.2) is 24.3 Å². The lowest BCUT2D eigenvalue weighted by atomic mass is 10.0. The minimum absolute atomic E-state index is 0.0561. The Hall–Kier alpha value is -1.95. The topological polar surface area (TPSA) is 61.4 Å². The quantitative estimate of drug-likeness (QED) is 0.777. The molecule has 0 aliphatic carbocycles. The maximum absolute atomic E-state index is 13.0. The molecule has 0 spiro atoms. The SMILES string of the molecule is CC(=O)NCCNC(=O)CN1CCCC1c1ccc(F)cc1. The van der Waals surface area contributed by atoms with E-state index >= 15 is 0 Å². The lowest BCUT2D eigenvalue weighted by Gasteiger charge is -2.24. The van der Waals surface area contributed by atoms with E-state index in [0.717, 1.165) is 24.9 Å². The minimum Gasteiger partial charge on any atom is -0.355 e. The summed E-state index contributed by atoms with van der Waals surface area (Å²) < 4.78 is 13.0. The summed E-state index contributed by atoms with van der Waals surface area (Å²) in [5.74, 6) is -0.409. The highest BCUT2D eigenvalue weighted by molar-refractivity contribution is 5.78. The van der Waals surface area contributed by atoms with Gasteiger partial charge in [0, 0.05) is 26.1 Å². The van der Waals surface area contributed by atoms with Crippen LogP contribution in [0, 0.1) is 5.82 Å². The summed E-state index contributed by atoms with van der Waals surface area (Å²) in [4.78, 5) is 24.8. The lowest BCUT2D eigenvalue weighted by molar-refractivity contribution is -0.123. The van der Waals surface area contributed by atoms with Crippen LogP contribution in [-0.4, -0.2) is 42.9 Å². The number of amides is 2. The molecule has 0 saturated carbocycles. The molecular weight excluding hydrogens is 285 g/mol. The molecule has 2 rings (SSSR count). The second-order valence-electron chi connectivity index (χ2n) is 5.51. The van der Waals surface area contributed by atoms with Crippen molar-refractivity contribution in [3.8, 4) is 0 Å². The van der Waals surface area contributed by atoms with Gasteiger partial charge in [-0.25, -0.2) is 4.39 Å². The summed E-state index contributed by atoms with van der Waals surface area (Å²) in [5.41, 5.74) is 1.05. The molecule has 2 N–H and O–H groups in total. The van der Waals surface area contributed by atoms with E-state index in [-0.39, 0.29) is 23.7 Å². The fourth-order valence-electron chi connectivity index (χ4n) is 2.76. The summed E-state index contributed by atoms with van der Waals surface area (Å²) in [7, 11) is 0. The molecule has 120 valence electrons. The van der Waals surface area contributed by atoms with Gasteiger partial charge < -0.3 is 10.6 Å². The van der Waals surface area contributed by atoms with E-state index in [0.29, 0.717) is 19.6 Å². The van der Waals surface area contributed by atoms with Crippen LogP contribution in [-0.2, 0) is 9.59 Å². The maximum Gasteiger partial charge on any atom is 0.234 e. The Kier molecular flexibility index (Phi) is 5.89. The Morgan fingerprint density at radius 1 is 1.23 bits per heavy atom. The van der Waals surface area contributed by atoms with E-state index in [1.165, 1.54) is 19.1 Å². The molecule has 1 saturated heterocycles. The minimum atomic E-state index is -0.246. The molecule has 1 aromatic rings. The van der Waals surface area contributed by atoms with E-state index in [9.17, 15) is 14.0 Å². The van der Waals surface area contributed by atoms with Gasteiger partial charge in [-0.1, -0.05) is 12.1 Å². The molecule has 0 radical (unpaired) electrons. The van der Waals surface area contributed by atoms with Crippen LogP contribution in [0.4, 0.5) is 4.39 Å². The molecule has 6 heteroatoms. The summed E-state index contributed by atoms with van der Waals surface area (Å²) in [6.07, 6.45) is 2.01. The first kappa shape index (κ1) is 16.4. The van der Waals surface area contributed by atoms with E-state index in [4.69, 9.17) is 0 Å². The molecule has 2 amide bonds. The first-order valence-corrected chi connectivity index (χ1v) is 7.57. The molecule has 0 bridgehead atoms. The summed E-state index contributed by atoms with van der Waals surface area (Å²) in [6, 6.07) is 6.65. The smallest absolute Gasteiger partial charge is 0.234 e. The molecule has 1 aromatic carbocycles. The predicted octanol–water partition coefficient (Wildman–Crippen LogP) is 1.21. The average molecular weight is 307 g/mol. The van der Waals surface area contributed by atoms with Crippen molar-refractivity contribution in [1.82, 2.24) is 15.5 Å². The molecule has 1 aliphatic rings. The van der Waals surface area contributed by atoms with Crippen LogP contribution in [0.25, 0.3) is 0 Å². The Morgan fingerprint density at radius 3 is 2.59 bits per heavy atom. The highest BCUT2D eigenvalue weighted by Crippen LogP contribution is 2.31. The number of carbonyl (C=O) groups is 2. The van der Waals surface area contributed by atoms with Gasteiger partial charge >= 0.3 is 0 Å². The third-order valence-corrected chi connectivity index (χ3v) is 3.79. The largest absolute Gasteiger partial charge is 0.355 e. The zero-order valence-electron chi connectivity index (χ0n) is 12.8. The third kappa shape index (κ3) is 4.80. The van der Waals surface area contributed by atoms with Crippen molar-refractivity contribution in [2.24, 2.45) is 0 Å². The van der Waals surface area contributed by atoms with Crippen LogP contribution in [0.5, 0.6) is 0 Å². The Labute approximate surface area is 129 Å². The molecule has 1 atom stereocenters. The van der Waals surface area contributed by atoms with Gasteiger partial charge in [-0.15, -0.1) is 0 Å². The van der Waals surface area contributed by atoms with Gasteiger partial charge in [-0.3, -0.25) is 14.5 Å². The van der Waals surface area contributed by atoms with Gasteiger partial charge in [-0.2, -0.15) is 0 Å². The maximum atomic E-state index is 13.0. The van der Waals surface area contributed by atoms with Gasteiger partial charge in [0.25, 0.3) is 0 Å². The number of nitrogens with zero attached hydrogens (tertiary/aromatic N) is 1. The summed E-state index contributed by atoms with van der Waals surface area (Å²) >= 11 is 0. The summed E-state index contributed by atoms with van der Waals surface area (Å²) in [5, 5.41) is 5.42. The van der Waals surface area contributed by atoms with Crippen LogP contribution < -0.4 is 10.6 Å². The van der Waals surface area contributed by atoms with Crippen molar-refractivity contribution in [3.63, 3.8) is 0 Å². The number of halogens is 1. The molecule has 5 nitrogen and oxygen atoms in total. The third-order valence-electron chi connectivity index (χ3n) is 3.79. The number of hydrogen-bond acceptors (Lipinski definition) is 3. The van der Waals surface area contributed by atoms with Crippen LogP contribution in [0.1, 0.15) is 31.4 Å². The fourth-order valence-corrected chi connectivity index (χ4v) is 2.76. The lowest BCUT2D eigenvalue weighted by Crippen LogP contribution is -2.40. The highest BCUT2D eigenvalue weighted by atomic mass is 19.1. The zero-order chi connectivity index (χ0) is 15.9. The number of nitrogens with one attached hydrogen (secondary N) is 2. The Balaban J connectivity index is 1.82. The van der Waals surface area contributed by atoms with Crippen molar-refractivity contribution in [2.45, 2.75) is 25.8 Å². The molecule has 1 fully saturated rings. The van der Waals surface area contributed by atoms with Crippen molar-refractivity contribution in [3.05, 3.63) is 35.6 Å². The van der Waals surface area contributed by atoms with Crippen LogP contribution in [0.2, 0.25) is 0 Å². The fraction of sp³-hybridized carbons (Fsp3) is 0.500. The van der Waals surface area contributed by atoms with Crippen LogP contribution in [0.3, 0.4) is 0 Å². The first-order valence-electron chi connectivity index (χ1n) is 7.57. The van der Waals surface area contributed by atoms with E-state index < -0.39 is 0 Å². The first-order chi connectivity index (χ1) is 10.6. The van der Waals surface area contributed by atoms with E-state index in [1.54, 1.807) is 12.1 Å². The Bertz CT molecular complexity index is 519. The molecule has 1 heterocycles. The standard InChI is InChI=1S/C16H22FN3O2/c1-12(21)18-8-9-19-16(22)11-20-10-2-3-15(20)13-4-6-14(17)7-5-13/h4-7,15H,2-3,8-11H2,1H3,(H,18,21)(H,19,22).